The summed E-state index contributed by atoms with van der Waals surface area (Å²) < 4.78 is 5.76. The van der Waals surface area contributed by atoms with Crippen LogP contribution in [0.2, 0.25) is 0 Å². The molecule has 4 rings (SSSR count). The minimum Gasteiger partial charge on any atom is -0.498 e. The third-order valence-corrected chi connectivity index (χ3v) is 7.83. The van der Waals surface area contributed by atoms with Crippen molar-refractivity contribution in [1.82, 2.24) is 0 Å². The van der Waals surface area contributed by atoms with Gasteiger partial charge in [-0.25, -0.2) is 0 Å². The van der Waals surface area contributed by atoms with Crippen molar-refractivity contribution in [2.45, 2.75) is 58.0 Å². The molecule has 0 aromatic carbocycles. The molecule has 0 saturated heterocycles. The van der Waals surface area contributed by atoms with E-state index in [1.807, 2.05) is 0 Å². The molecule has 0 heterocycles. The van der Waals surface area contributed by atoms with Crippen LogP contribution >= 0.6 is 0 Å². The van der Waals surface area contributed by atoms with Crippen LogP contribution in [0.15, 0.2) is 35.6 Å². The van der Waals surface area contributed by atoms with Crippen LogP contribution in [0.3, 0.4) is 0 Å². The summed E-state index contributed by atoms with van der Waals surface area (Å²) in [6.07, 6.45) is 16.9. The highest BCUT2D eigenvalue weighted by Crippen LogP contribution is 2.65. The Labute approximate surface area is 152 Å². The summed E-state index contributed by atoms with van der Waals surface area (Å²) in [7, 11) is 0. The molecule has 0 radical (unpaired) electrons. The zero-order valence-corrected chi connectivity index (χ0v) is 15.6. The van der Waals surface area contributed by atoms with Crippen molar-refractivity contribution in [3.05, 3.63) is 35.6 Å². The van der Waals surface area contributed by atoms with Gasteiger partial charge in [-0.3, -0.25) is 0 Å². The minimum atomic E-state index is -1.12. The summed E-state index contributed by atoms with van der Waals surface area (Å²) in [6, 6.07) is 0. The second-order valence-electron chi connectivity index (χ2n) is 8.68. The molecule has 2 fully saturated rings. The van der Waals surface area contributed by atoms with E-state index >= 15 is 0 Å². The van der Waals surface area contributed by atoms with Gasteiger partial charge >= 0.3 is 0 Å². The largest absolute Gasteiger partial charge is 0.498 e. The molecule has 25 heavy (non-hydrogen) atoms. The molecule has 0 bridgehead atoms. The molecule has 2 heteroatoms. The molecule has 4 aliphatic carbocycles. The van der Waals surface area contributed by atoms with Gasteiger partial charge in [-0.1, -0.05) is 25.5 Å². The smallest absolute Gasteiger partial charge is 0.152 e. The van der Waals surface area contributed by atoms with Crippen molar-refractivity contribution in [3.63, 3.8) is 0 Å². The SMILES string of the molecule is C#C[C@]1(O)C(=C)CC2[C@@H]3CC=C4C=C(OCC)CC[C@@H]4C3CC[C@@]21C. The van der Waals surface area contributed by atoms with E-state index in [-0.39, 0.29) is 5.41 Å². The standard InChI is InChI=1S/C23H30O2/c1-5-23(24)15(3)13-21-20-9-7-16-14-17(25-6-2)8-10-18(16)19(20)11-12-22(21,23)4/h1,7,14,18-21,24H,3,6,8-13H2,2,4H3/t18-,19?,20+,21?,22-,23-/m0/s1. The molecular weight excluding hydrogens is 308 g/mol. The number of fused-ring (bicyclic) bond motifs is 5. The van der Waals surface area contributed by atoms with E-state index < -0.39 is 5.60 Å². The number of rotatable bonds is 2. The molecule has 0 aromatic rings. The lowest BCUT2D eigenvalue weighted by molar-refractivity contribution is -0.0717. The number of allylic oxidation sites excluding steroid dienone is 4. The molecule has 6 atom stereocenters. The highest BCUT2D eigenvalue weighted by molar-refractivity contribution is 5.40. The molecule has 2 saturated carbocycles. The predicted octanol–water partition coefficient (Wildman–Crippen LogP) is 4.62. The first-order valence-corrected chi connectivity index (χ1v) is 9.86. The topological polar surface area (TPSA) is 29.5 Å². The van der Waals surface area contributed by atoms with Gasteiger partial charge in [0.15, 0.2) is 5.60 Å². The van der Waals surface area contributed by atoms with Gasteiger partial charge in [0.05, 0.1) is 12.4 Å². The summed E-state index contributed by atoms with van der Waals surface area (Å²) in [5, 5.41) is 11.2. The maximum absolute atomic E-state index is 11.2. The molecule has 2 nitrogen and oxygen atoms in total. The first kappa shape index (κ1) is 17.0. The second kappa shape index (κ2) is 5.78. The Bertz CT molecular complexity index is 693. The Hall–Kier alpha value is -1.46. The first-order chi connectivity index (χ1) is 11.9. The third-order valence-electron chi connectivity index (χ3n) is 7.83. The fraction of sp³-hybridized carbons (Fsp3) is 0.652. The van der Waals surface area contributed by atoms with Gasteiger partial charge in [0.2, 0.25) is 0 Å². The van der Waals surface area contributed by atoms with E-state index in [0.29, 0.717) is 23.7 Å². The van der Waals surface area contributed by atoms with E-state index in [1.54, 1.807) is 0 Å². The van der Waals surface area contributed by atoms with Crippen LogP contribution in [0.25, 0.3) is 0 Å². The van der Waals surface area contributed by atoms with Gasteiger partial charge in [-0.05, 0) is 79.9 Å². The van der Waals surface area contributed by atoms with E-state index in [4.69, 9.17) is 11.2 Å². The Morgan fingerprint density at radius 1 is 1.40 bits per heavy atom. The Kier molecular flexibility index (Phi) is 3.92. The number of terminal acetylenes is 1. The molecular formula is C23H30O2. The monoisotopic (exact) mass is 338 g/mol. The predicted molar refractivity (Wildman–Crippen MR) is 100 cm³/mol. The van der Waals surface area contributed by atoms with Crippen LogP contribution in [0.5, 0.6) is 0 Å². The van der Waals surface area contributed by atoms with Crippen LogP contribution in [0.4, 0.5) is 0 Å². The van der Waals surface area contributed by atoms with Crippen molar-refractivity contribution >= 4 is 0 Å². The molecule has 1 N–H and O–H groups in total. The molecule has 0 aliphatic heterocycles. The fourth-order valence-electron chi connectivity index (χ4n) is 6.46. The third kappa shape index (κ3) is 2.21. The highest BCUT2D eigenvalue weighted by atomic mass is 16.5. The van der Waals surface area contributed by atoms with Gasteiger partial charge in [-0.15, -0.1) is 6.42 Å². The fourth-order valence-corrected chi connectivity index (χ4v) is 6.46. The average Bonchev–Trinajstić information content (AvgIpc) is 2.82. The van der Waals surface area contributed by atoms with Gasteiger partial charge in [0, 0.05) is 11.8 Å². The summed E-state index contributed by atoms with van der Waals surface area (Å²) in [6.45, 7) is 9.18. The summed E-state index contributed by atoms with van der Waals surface area (Å²) in [5.74, 6) is 6.31. The van der Waals surface area contributed by atoms with Crippen LogP contribution in [-0.2, 0) is 4.74 Å². The average molecular weight is 338 g/mol. The van der Waals surface area contributed by atoms with Crippen LogP contribution in [-0.4, -0.2) is 17.3 Å². The van der Waals surface area contributed by atoms with Crippen molar-refractivity contribution < 1.29 is 9.84 Å². The highest BCUT2D eigenvalue weighted by Gasteiger charge is 2.63. The molecule has 0 spiro atoms. The van der Waals surface area contributed by atoms with Gasteiger partial charge in [0.25, 0.3) is 0 Å². The number of hydrogen-bond donors (Lipinski definition) is 1. The first-order valence-electron chi connectivity index (χ1n) is 9.86. The van der Waals surface area contributed by atoms with Crippen molar-refractivity contribution in [2.75, 3.05) is 6.61 Å². The van der Waals surface area contributed by atoms with Gasteiger partial charge in [0.1, 0.15) is 0 Å². The lowest BCUT2D eigenvalue weighted by atomic mass is 9.51. The summed E-state index contributed by atoms with van der Waals surface area (Å²) >= 11 is 0. The quantitative estimate of drug-likeness (QED) is 0.588. The van der Waals surface area contributed by atoms with Gasteiger partial charge < -0.3 is 9.84 Å². The lowest BCUT2D eigenvalue weighted by Crippen LogP contribution is -2.52. The zero-order valence-electron chi connectivity index (χ0n) is 15.6. The Morgan fingerprint density at radius 2 is 2.20 bits per heavy atom. The maximum Gasteiger partial charge on any atom is 0.152 e. The Morgan fingerprint density at radius 3 is 2.92 bits per heavy atom. The van der Waals surface area contributed by atoms with E-state index in [1.165, 1.54) is 12.0 Å². The van der Waals surface area contributed by atoms with Crippen molar-refractivity contribution in [2.24, 2.45) is 29.1 Å². The van der Waals surface area contributed by atoms with Crippen LogP contribution in [0.1, 0.15) is 52.4 Å². The summed E-state index contributed by atoms with van der Waals surface area (Å²) in [5.41, 5.74) is 1.01. The van der Waals surface area contributed by atoms with Crippen molar-refractivity contribution in [1.29, 1.82) is 0 Å². The normalized spacial score (nSPS) is 45.4. The second-order valence-corrected chi connectivity index (χ2v) is 8.68. The van der Waals surface area contributed by atoms with Gasteiger partial charge in [-0.2, -0.15) is 0 Å². The lowest BCUT2D eigenvalue weighted by Gasteiger charge is -2.53. The maximum atomic E-state index is 11.2. The molecule has 4 aliphatic rings. The van der Waals surface area contributed by atoms with E-state index in [9.17, 15) is 5.11 Å². The summed E-state index contributed by atoms with van der Waals surface area (Å²) in [4.78, 5) is 0. The molecule has 0 aromatic heterocycles. The molecule has 0 amide bonds. The molecule has 2 unspecified atom stereocenters. The number of aliphatic hydroxyl groups is 1. The molecule has 134 valence electrons. The number of hydrogen-bond acceptors (Lipinski definition) is 2. The van der Waals surface area contributed by atoms with Crippen LogP contribution < -0.4 is 0 Å². The van der Waals surface area contributed by atoms with Crippen molar-refractivity contribution in [3.8, 4) is 12.3 Å². The number of ether oxygens (including phenoxy) is 1. The Balaban J connectivity index is 1.65. The zero-order chi connectivity index (χ0) is 17.8. The van der Waals surface area contributed by atoms with Crippen LogP contribution in [0, 0.1) is 41.4 Å². The van der Waals surface area contributed by atoms with E-state index in [0.717, 1.165) is 50.0 Å². The minimum absolute atomic E-state index is 0.216. The van der Waals surface area contributed by atoms with E-state index in [2.05, 4.69) is 38.5 Å².